The number of hydrogen-bond donors (Lipinski definition) is 3. The minimum atomic E-state index is 0.552. The van der Waals surface area contributed by atoms with Gasteiger partial charge in [-0.25, -0.2) is 0 Å². The van der Waals surface area contributed by atoms with Crippen LogP contribution >= 0.6 is 0 Å². The Kier molecular flexibility index (Phi) is 4.28. The van der Waals surface area contributed by atoms with Crippen LogP contribution in [0.15, 0.2) is 42.5 Å². The smallest absolute Gasteiger partial charge is 0.116 e. The summed E-state index contributed by atoms with van der Waals surface area (Å²) in [5, 5.41) is 14.5. The average molecular weight is 332 g/mol. The third-order valence-corrected chi connectivity index (χ3v) is 5.10. The van der Waals surface area contributed by atoms with Gasteiger partial charge in [0, 0.05) is 16.1 Å². The van der Waals surface area contributed by atoms with Gasteiger partial charge in [-0.3, -0.25) is 5.10 Å². The molecule has 1 fully saturated rings. The molecule has 0 bridgehead atoms. The van der Waals surface area contributed by atoms with Gasteiger partial charge in [0.05, 0.1) is 11.0 Å². The van der Waals surface area contributed by atoms with Crippen LogP contribution in [-0.2, 0) is 0 Å². The lowest BCUT2D eigenvalue weighted by molar-refractivity contribution is 0.428. The van der Waals surface area contributed by atoms with E-state index in [1.165, 1.54) is 11.0 Å². The van der Waals surface area contributed by atoms with Gasteiger partial charge in [0.2, 0.25) is 0 Å². The summed E-state index contributed by atoms with van der Waals surface area (Å²) in [5.41, 5.74) is 4.32. The van der Waals surface area contributed by atoms with Crippen molar-refractivity contribution in [1.82, 2.24) is 20.5 Å². The Morgan fingerprint density at radius 1 is 1.24 bits per heavy atom. The van der Waals surface area contributed by atoms with E-state index in [2.05, 4.69) is 63.5 Å². The Hall–Kier alpha value is -2.59. The van der Waals surface area contributed by atoms with E-state index in [9.17, 15) is 0 Å². The summed E-state index contributed by atoms with van der Waals surface area (Å²) in [5.74, 6) is 0.552. The molecule has 2 aromatic heterocycles. The topological polar surface area (TPSA) is 56.5 Å². The number of allylic oxidation sites excluding steroid dienone is 1. The molecule has 1 aliphatic heterocycles. The first-order valence-corrected chi connectivity index (χ1v) is 8.96. The number of nitrogens with one attached hydrogen (secondary N) is 3. The molecule has 4 rings (SSSR count). The molecule has 4 nitrogen and oxygen atoms in total. The number of benzene rings is 1. The molecule has 4 heteroatoms. The molecule has 0 spiro atoms. The maximum atomic E-state index is 4.58. The summed E-state index contributed by atoms with van der Waals surface area (Å²) in [7, 11) is 0. The first-order chi connectivity index (χ1) is 12.3. The molecule has 1 aliphatic rings. The van der Waals surface area contributed by atoms with Crippen molar-refractivity contribution in [1.29, 1.82) is 0 Å². The molecule has 1 saturated heterocycles. The monoisotopic (exact) mass is 332 g/mol. The molecule has 128 valence electrons. The summed E-state index contributed by atoms with van der Waals surface area (Å²) in [4.78, 5) is 3.49. The van der Waals surface area contributed by atoms with Crippen molar-refractivity contribution in [3.63, 3.8) is 0 Å². The summed E-state index contributed by atoms with van der Waals surface area (Å²) in [6.45, 7) is 8.54. The highest BCUT2D eigenvalue weighted by molar-refractivity contribution is 5.85. The zero-order valence-electron chi connectivity index (χ0n) is 14.6. The van der Waals surface area contributed by atoms with E-state index in [-0.39, 0.29) is 0 Å². The summed E-state index contributed by atoms with van der Waals surface area (Å²) < 4.78 is 0. The zero-order chi connectivity index (χ0) is 17.2. The number of H-pyrrole nitrogens is 2. The third kappa shape index (κ3) is 3.05. The van der Waals surface area contributed by atoms with E-state index in [1.807, 2.05) is 13.0 Å². The molecule has 25 heavy (non-hydrogen) atoms. The Balaban J connectivity index is 1.80. The van der Waals surface area contributed by atoms with E-state index >= 15 is 0 Å². The molecule has 1 aromatic carbocycles. The van der Waals surface area contributed by atoms with Gasteiger partial charge >= 0.3 is 0 Å². The third-order valence-electron chi connectivity index (χ3n) is 5.10. The molecular weight excluding hydrogens is 308 g/mol. The second-order valence-corrected chi connectivity index (χ2v) is 6.70. The minimum Gasteiger partial charge on any atom is -0.353 e. The molecule has 0 atom stereocenters. The summed E-state index contributed by atoms with van der Waals surface area (Å²) in [6.07, 6.45) is 6.59. The minimum absolute atomic E-state index is 0.552. The highest BCUT2D eigenvalue weighted by atomic mass is 15.1. The summed E-state index contributed by atoms with van der Waals surface area (Å²) >= 11 is 0. The van der Waals surface area contributed by atoms with Gasteiger partial charge in [0.1, 0.15) is 5.69 Å². The number of fused-ring (bicyclic) bond motifs is 1. The molecule has 0 radical (unpaired) electrons. The van der Waals surface area contributed by atoms with Crippen molar-refractivity contribution < 1.29 is 0 Å². The fourth-order valence-electron chi connectivity index (χ4n) is 3.63. The lowest BCUT2D eigenvalue weighted by atomic mass is 9.90. The van der Waals surface area contributed by atoms with Crippen LogP contribution in [0, 0.1) is 5.92 Å². The lowest BCUT2D eigenvalue weighted by Crippen LogP contribution is -2.29. The maximum Gasteiger partial charge on any atom is 0.116 e. The second-order valence-electron chi connectivity index (χ2n) is 6.70. The van der Waals surface area contributed by atoms with Gasteiger partial charge in [-0.15, -0.1) is 0 Å². The molecule has 3 N–H and O–H groups in total. The number of nitrogens with zero attached hydrogens (tertiary/aromatic N) is 1. The van der Waals surface area contributed by atoms with Crippen LogP contribution < -0.4 is 15.9 Å². The van der Waals surface area contributed by atoms with Crippen LogP contribution in [0.5, 0.6) is 0 Å². The first-order valence-electron chi connectivity index (χ1n) is 8.96. The fraction of sp³-hybridized carbons (Fsp3) is 0.286. The van der Waals surface area contributed by atoms with Crippen molar-refractivity contribution in [2.24, 2.45) is 5.92 Å². The van der Waals surface area contributed by atoms with Crippen molar-refractivity contribution in [2.45, 2.75) is 19.8 Å². The molecule has 3 aromatic rings. The van der Waals surface area contributed by atoms with Crippen LogP contribution in [-0.4, -0.2) is 28.3 Å². The Morgan fingerprint density at radius 3 is 2.80 bits per heavy atom. The largest absolute Gasteiger partial charge is 0.353 e. The van der Waals surface area contributed by atoms with Crippen LogP contribution in [0.25, 0.3) is 34.4 Å². The predicted molar refractivity (Wildman–Crippen MR) is 104 cm³/mol. The van der Waals surface area contributed by atoms with E-state index in [0.29, 0.717) is 5.92 Å². The van der Waals surface area contributed by atoms with Gasteiger partial charge in [-0.1, -0.05) is 36.4 Å². The SMILES string of the molecule is C=C(/C=c1/c(-c2cc3ccccc3[nH]2)n[nH]/c1=C\C)C1CCNCC1. The Bertz CT molecular complexity index is 983. The Labute approximate surface area is 147 Å². The van der Waals surface area contributed by atoms with Gasteiger partial charge < -0.3 is 10.3 Å². The highest BCUT2D eigenvalue weighted by Gasteiger charge is 2.16. The maximum absolute atomic E-state index is 4.58. The molecule has 0 aliphatic carbocycles. The Morgan fingerprint density at radius 2 is 2.04 bits per heavy atom. The van der Waals surface area contributed by atoms with Crippen LogP contribution in [0.1, 0.15) is 19.8 Å². The molecule has 0 amide bonds. The predicted octanol–water partition coefficient (Wildman–Crippen LogP) is 2.69. The number of para-hydroxylation sites is 1. The molecule has 0 unspecified atom stereocenters. The highest BCUT2D eigenvalue weighted by Crippen LogP contribution is 2.22. The van der Waals surface area contributed by atoms with Gasteiger partial charge in [0.15, 0.2) is 0 Å². The molecule has 3 heterocycles. The van der Waals surface area contributed by atoms with Crippen LogP contribution in [0.4, 0.5) is 0 Å². The van der Waals surface area contributed by atoms with E-state index in [4.69, 9.17) is 0 Å². The standard InChI is InChI=1S/C21H24N4/c1-3-18-17(12-14(2)15-8-10-22-11-9-15)21(25-24-18)20-13-16-6-4-5-7-19(16)23-20/h3-7,12-13,15,22-24H,2,8-11H2,1H3/b17-12+,18-3-. The first kappa shape index (κ1) is 15.9. The quantitative estimate of drug-likeness (QED) is 0.691. The van der Waals surface area contributed by atoms with Gasteiger partial charge in [-0.05, 0) is 57.0 Å². The average Bonchev–Trinajstić information content (AvgIpc) is 3.25. The second kappa shape index (κ2) is 6.73. The van der Waals surface area contributed by atoms with Crippen LogP contribution in [0.3, 0.4) is 0 Å². The lowest BCUT2D eigenvalue weighted by Gasteiger charge is -2.22. The summed E-state index contributed by atoms with van der Waals surface area (Å²) in [6, 6.07) is 10.5. The fourth-order valence-corrected chi connectivity index (χ4v) is 3.63. The van der Waals surface area contributed by atoms with Crippen molar-refractivity contribution in [3.8, 4) is 11.4 Å². The number of aromatic nitrogens is 3. The van der Waals surface area contributed by atoms with Crippen molar-refractivity contribution in [2.75, 3.05) is 13.1 Å². The van der Waals surface area contributed by atoms with E-state index in [1.54, 1.807) is 0 Å². The molecular formula is C21H24N4. The van der Waals surface area contributed by atoms with Crippen molar-refractivity contribution >= 4 is 23.1 Å². The van der Waals surface area contributed by atoms with Crippen LogP contribution in [0.2, 0.25) is 0 Å². The van der Waals surface area contributed by atoms with E-state index < -0.39 is 0 Å². The number of hydrogen-bond acceptors (Lipinski definition) is 2. The van der Waals surface area contributed by atoms with E-state index in [0.717, 1.165) is 53.4 Å². The zero-order valence-corrected chi connectivity index (χ0v) is 14.6. The molecule has 0 saturated carbocycles. The van der Waals surface area contributed by atoms with Gasteiger partial charge in [-0.2, -0.15) is 5.10 Å². The number of rotatable bonds is 3. The number of piperidine rings is 1. The van der Waals surface area contributed by atoms with Gasteiger partial charge in [0.25, 0.3) is 0 Å². The normalized spacial score (nSPS) is 17.5. The number of aromatic amines is 2. The van der Waals surface area contributed by atoms with Crippen molar-refractivity contribution in [3.05, 3.63) is 53.1 Å².